The van der Waals surface area contributed by atoms with Crippen molar-refractivity contribution in [3.05, 3.63) is 36.2 Å². The van der Waals surface area contributed by atoms with Crippen LogP contribution in [0.2, 0.25) is 0 Å². The SMILES string of the molecule is COC(=O)Nc1cc(-c2cnc(OCC(C)(N)CC(C)(C)F)c(C(F)F)c2)ccn1. The van der Waals surface area contributed by atoms with Crippen molar-refractivity contribution in [2.24, 2.45) is 5.73 Å². The number of nitrogens with one attached hydrogen (secondary N) is 1. The second-order valence-electron chi connectivity index (χ2n) is 7.80. The first kappa shape index (κ1) is 23.4. The van der Waals surface area contributed by atoms with Crippen LogP contribution in [0.15, 0.2) is 30.6 Å². The molecule has 0 aliphatic rings. The lowest BCUT2D eigenvalue weighted by atomic mass is 9.91. The number of carbonyl (C=O) groups excluding carboxylic acids is 1. The van der Waals surface area contributed by atoms with Gasteiger partial charge in [-0.15, -0.1) is 0 Å². The van der Waals surface area contributed by atoms with Crippen LogP contribution >= 0.6 is 0 Å². The number of pyridine rings is 2. The fourth-order valence-electron chi connectivity index (χ4n) is 2.98. The Bertz CT molecular complexity index is 886. The number of alkyl halides is 3. The number of halogens is 3. The average molecular weight is 426 g/mol. The number of amides is 1. The minimum Gasteiger partial charge on any atom is -0.475 e. The molecule has 0 saturated heterocycles. The van der Waals surface area contributed by atoms with Gasteiger partial charge in [0.05, 0.1) is 18.2 Å². The van der Waals surface area contributed by atoms with E-state index in [0.29, 0.717) is 11.1 Å². The van der Waals surface area contributed by atoms with Gasteiger partial charge in [-0.05, 0) is 44.5 Å². The highest BCUT2D eigenvalue weighted by atomic mass is 19.3. The van der Waals surface area contributed by atoms with Crippen LogP contribution < -0.4 is 15.8 Å². The van der Waals surface area contributed by atoms with E-state index in [9.17, 15) is 18.0 Å². The van der Waals surface area contributed by atoms with Gasteiger partial charge in [-0.2, -0.15) is 0 Å². The number of hydrogen-bond donors (Lipinski definition) is 2. The highest BCUT2D eigenvalue weighted by molar-refractivity contribution is 5.84. The van der Waals surface area contributed by atoms with Crippen LogP contribution in [0.4, 0.5) is 23.8 Å². The number of nitrogens with two attached hydrogens (primary N) is 1. The molecule has 1 unspecified atom stereocenters. The van der Waals surface area contributed by atoms with E-state index in [2.05, 4.69) is 20.0 Å². The van der Waals surface area contributed by atoms with Gasteiger partial charge in [0.25, 0.3) is 6.43 Å². The van der Waals surface area contributed by atoms with Crippen LogP contribution in [0.25, 0.3) is 11.1 Å². The number of ether oxygens (including phenoxy) is 2. The first-order valence-electron chi connectivity index (χ1n) is 9.10. The van der Waals surface area contributed by atoms with Gasteiger partial charge in [0.15, 0.2) is 0 Å². The van der Waals surface area contributed by atoms with E-state index in [1.54, 1.807) is 13.0 Å². The summed E-state index contributed by atoms with van der Waals surface area (Å²) in [7, 11) is 1.21. The zero-order chi connectivity index (χ0) is 22.5. The summed E-state index contributed by atoms with van der Waals surface area (Å²) in [5.41, 5.74) is 3.87. The standard InChI is InChI=1S/C20H25F3N4O3/c1-19(2,23)10-20(3,24)11-30-17-14(16(21)22)7-13(9-26-17)12-5-6-25-15(8-12)27-18(28)29-4/h5-9,16H,10-11,24H2,1-4H3,(H,25,27,28). The number of hydrogen-bond acceptors (Lipinski definition) is 6. The van der Waals surface area contributed by atoms with Gasteiger partial charge in [0.1, 0.15) is 18.1 Å². The predicted molar refractivity (Wildman–Crippen MR) is 106 cm³/mol. The molecule has 10 heteroatoms. The molecule has 2 aromatic heterocycles. The Morgan fingerprint density at radius 2 is 1.93 bits per heavy atom. The highest BCUT2D eigenvalue weighted by Gasteiger charge is 2.30. The molecule has 30 heavy (non-hydrogen) atoms. The minimum absolute atomic E-state index is 0.0188. The van der Waals surface area contributed by atoms with Crippen molar-refractivity contribution >= 4 is 11.9 Å². The Morgan fingerprint density at radius 1 is 1.23 bits per heavy atom. The van der Waals surface area contributed by atoms with E-state index in [4.69, 9.17) is 10.5 Å². The molecular weight excluding hydrogens is 401 g/mol. The molecule has 3 N–H and O–H groups in total. The second kappa shape index (κ2) is 9.29. The summed E-state index contributed by atoms with van der Waals surface area (Å²) in [5.74, 6) is -0.0879. The number of aromatic nitrogens is 2. The van der Waals surface area contributed by atoms with Crippen molar-refractivity contribution in [3.63, 3.8) is 0 Å². The van der Waals surface area contributed by atoms with E-state index in [-0.39, 0.29) is 24.7 Å². The summed E-state index contributed by atoms with van der Waals surface area (Å²) < 4.78 is 51.0. The highest BCUT2D eigenvalue weighted by Crippen LogP contribution is 2.32. The number of nitrogens with zero attached hydrogens (tertiary/aromatic N) is 2. The van der Waals surface area contributed by atoms with Crippen molar-refractivity contribution < 1.29 is 27.4 Å². The summed E-state index contributed by atoms with van der Waals surface area (Å²) in [6.07, 6.45) is -0.828. The molecule has 0 aliphatic carbocycles. The topological polar surface area (TPSA) is 99.4 Å². The van der Waals surface area contributed by atoms with E-state index >= 15 is 0 Å². The monoisotopic (exact) mass is 426 g/mol. The normalized spacial score (nSPS) is 13.6. The van der Waals surface area contributed by atoms with Crippen LogP contribution in [0.5, 0.6) is 5.88 Å². The van der Waals surface area contributed by atoms with E-state index in [1.807, 2.05) is 0 Å². The fraction of sp³-hybridized carbons (Fsp3) is 0.450. The third-order valence-electron chi connectivity index (χ3n) is 3.99. The molecule has 0 aromatic carbocycles. The van der Waals surface area contributed by atoms with Gasteiger partial charge in [0.2, 0.25) is 5.88 Å². The molecule has 2 heterocycles. The van der Waals surface area contributed by atoms with Crippen molar-refractivity contribution in [1.82, 2.24) is 9.97 Å². The first-order chi connectivity index (χ1) is 13.9. The van der Waals surface area contributed by atoms with Gasteiger partial charge in [-0.1, -0.05) is 0 Å². The molecule has 0 bridgehead atoms. The Balaban J connectivity index is 2.25. The summed E-state index contributed by atoms with van der Waals surface area (Å²) in [6, 6.07) is 4.30. The smallest absolute Gasteiger partial charge is 0.412 e. The molecule has 164 valence electrons. The molecule has 0 aliphatic heterocycles. The summed E-state index contributed by atoms with van der Waals surface area (Å²) >= 11 is 0. The third kappa shape index (κ3) is 6.87. The maximum Gasteiger partial charge on any atom is 0.412 e. The fourth-order valence-corrected chi connectivity index (χ4v) is 2.98. The summed E-state index contributed by atoms with van der Waals surface area (Å²) in [4.78, 5) is 19.3. The van der Waals surface area contributed by atoms with Gasteiger partial charge in [0, 0.05) is 24.4 Å². The van der Waals surface area contributed by atoms with Crippen LogP contribution in [0.3, 0.4) is 0 Å². The molecule has 1 amide bonds. The van der Waals surface area contributed by atoms with Crippen LogP contribution in [0, 0.1) is 0 Å². The molecule has 7 nitrogen and oxygen atoms in total. The number of methoxy groups -OCH3 is 1. The molecule has 0 fully saturated rings. The van der Waals surface area contributed by atoms with Crippen LogP contribution in [-0.4, -0.2) is 41.0 Å². The number of anilines is 1. The minimum atomic E-state index is -2.86. The first-order valence-corrected chi connectivity index (χ1v) is 9.10. The van der Waals surface area contributed by atoms with Crippen LogP contribution in [-0.2, 0) is 4.74 Å². The zero-order valence-electron chi connectivity index (χ0n) is 17.2. The molecule has 2 rings (SSSR count). The number of carbonyl (C=O) groups is 1. The summed E-state index contributed by atoms with van der Waals surface area (Å²) in [5, 5.41) is 2.40. The molecule has 0 radical (unpaired) electrons. The molecule has 0 spiro atoms. The largest absolute Gasteiger partial charge is 0.475 e. The molecule has 1 atom stereocenters. The van der Waals surface area contributed by atoms with Crippen LogP contribution in [0.1, 0.15) is 39.2 Å². The lowest BCUT2D eigenvalue weighted by Gasteiger charge is -2.29. The quantitative estimate of drug-likeness (QED) is 0.645. The maximum atomic E-state index is 13.9. The molecular formula is C20H25F3N4O3. The average Bonchev–Trinajstić information content (AvgIpc) is 2.64. The number of rotatable bonds is 8. The molecule has 2 aromatic rings. The Morgan fingerprint density at radius 3 is 2.53 bits per heavy atom. The summed E-state index contributed by atoms with van der Waals surface area (Å²) in [6.45, 7) is 4.16. The maximum absolute atomic E-state index is 13.9. The Labute approximate surface area is 172 Å². The zero-order valence-corrected chi connectivity index (χ0v) is 17.2. The van der Waals surface area contributed by atoms with Crippen molar-refractivity contribution in [2.45, 2.75) is 44.8 Å². The van der Waals surface area contributed by atoms with E-state index in [1.165, 1.54) is 45.5 Å². The van der Waals surface area contributed by atoms with E-state index in [0.717, 1.165) is 0 Å². The van der Waals surface area contributed by atoms with Crippen molar-refractivity contribution in [1.29, 1.82) is 0 Å². The third-order valence-corrected chi connectivity index (χ3v) is 3.99. The van der Waals surface area contributed by atoms with Crippen molar-refractivity contribution in [2.75, 3.05) is 19.0 Å². The lowest BCUT2D eigenvalue weighted by Crippen LogP contribution is -2.46. The van der Waals surface area contributed by atoms with E-state index < -0.39 is 29.3 Å². The predicted octanol–water partition coefficient (Wildman–Crippen LogP) is 4.49. The Hall–Kier alpha value is -2.88. The van der Waals surface area contributed by atoms with Gasteiger partial charge in [-0.25, -0.2) is 27.9 Å². The van der Waals surface area contributed by atoms with Crippen molar-refractivity contribution in [3.8, 4) is 17.0 Å². The lowest BCUT2D eigenvalue weighted by molar-refractivity contribution is 0.114. The second-order valence-corrected chi connectivity index (χ2v) is 7.80. The van der Waals surface area contributed by atoms with Gasteiger partial charge in [-0.3, -0.25) is 5.32 Å². The molecule has 0 saturated carbocycles. The Kier molecular flexibility index (Phi) is 7.25. The van der Waals surface area contributed by atoms with Gasteiger partial charge < -0.3 is 15.2 Å². The van der Waals surface area contributed by atoms with Gasteiger partial charge >= 0.3 is 6.09 Å².